The molecule has 0 spiro atoms. The molecule has 0 saturated heterocycles. The maximum atomic E-state index is 12.2. The van der Waals surface area contributed by atoms with Crippen molar-refractivity contribution in [1.29, 1.82) is 0 Å². The molecule has 5 nitrogen and oxygen atoms in total. The van der Waals surface area contributed by atoms with Crippen LogP contribution in [-0.2, 0) is 0 Å². The van der Waals surface area contributed by atoms with E-state index in [-0.39, 0.29) is 5.91 Å². The highest BCUT2D eigenvalue weighted by molar-refractivity contribution is 9.10. The van der Waals surface area contributed by atoms with Crippen molar-refractivity contribution < 1.29 is 14.3 Å². The van der Waals surface area contributed by atoms with Crippen molar-refractivity contribution in [1.82, 2.24) is 5.43 Å². The lowest BCUT2D eigenvalue weighted by Gasteiger charge is -2.07. The lowest BCUT2D eigenvalue weighted by molar-refractivity contribution is 0.0952. The molecule has 1 N–H and O–H groups in total. The largest absolute Gasteiger partial charge is 0.496 e. The molecule has 124 valence electrons. The molecule has 0 unspecified atom stereocenters. The number of amides is 1. The van der Waals surface area contributed by atoms with Gasteiger partial charge in [-0.2, -0.15) is 5.10 Å². The van der Waals surface area contributed by atoms with E-state index < -0.39 is 0 Å². The van der Waals surface area contributed by atoms with Gasteiger partial charge in [0.05, 0.1) is 18.9 Å². The number of carbonyl (C=O) groups is 1. The van der Waals surface area contributed by atoms with Gasteiger partial charge in [0, 0.05) is 4.47 Å². The second kappa shape index (κ2) is 8.88. The summed E-state index contributed by atoms with van der Waals surface area (Å²) in [5.74, 6) is 0.827. The molecule has 0 bridgehead atoms. The van der Waals surface area contributed by atoms with E-state index in [1.165, 1.54) is 7.11 Å². The van der Waals surface area contributed by atoms with E-state index in [9.17, 15) is 4.79 Å². The number of halogens is 1. The third-order valence-electron chi connectivity index (χ3n) is 3.01. The van der Waals surface area contributed by atoms with E-state index in [1.807, 2.05) is 24.3 Å². The van der Waals surface area contributed by atoms with E-state index >= 15 is 0 Å². The summed E-state index contributed by atoms with van der Waals surface area (Å²) < 4.78 is 11.4. The van der Waals surface area contributed by atoms with E-state index in [1.54, 1.807) is 30.5 Å². The van der Waals surface area contributed by atoms with Crippen molar-refractivity contribution in [2.75, 3.05) is 13.7 Å². The van der Waals surface area contributed by atoms with Crippen LogP contribution in [-0.4, -0.2) is 25.8 Å². The van der Waals surface area contributed by atoms with Crippen LogP contribution in [0, 0.1) is 0 Å². The number of methoxy groups -OCH3 is 1. The minimum atomic E-state index is -0.358. The first-order valence-corrected chi connectivity index (χ1v) is 7.94. The minimum Gasteiger partial charge on any atom is -0.496 e. The molecule has 1 amide bonds. The van der Waals surface area contributed by atoms with Crippen LogP contribution in [0.4, 0.5) is 0 Å². The van der Waals surface area contributed by atoms with Crippen molar-refractivity contribution in [3.8, 4) is 11.5 Å². The maximum Gasteiger partial charge on any atom is 0.275 e. The van der Waals surface area contributed by atoms with E-state index in [0.717, 1.165) is 10.0 Å². The zero-order chi connectivity index (χ0) is 17.4. The van der Waals surface area contributed by atoms with Crippen LogP contribution >= 0.6 is 15.9 Å². The molecule has 0 atom stereocenters. The zero-order valence-electron chi connectivity index (χ0n) is 13.2. The van der Waals surface area contributed by atoms with Crippen molar-refractivity contribution in [3.63, 3.8) is 0 Å². The molecule has 2 aromatic rings. The summed E-state index contributed by atoms with van der Waals surface area (Å²) >= 11 is 3.33. The van der Waals surface area contributed by atoms with E-state index in [2.05, 4.69) is 33.0 Å². The van der Waals surface area contributed by atoms with Crippen molar-refractivity contribution in [2.24, 2.45) is 5.10 Å². The van der Waals surface area contributed by atoms with Gasteiger partial charge in [-0.15, -0.1) is 0 Å². The van der Waals surface area contributed by atoms with Crippen LogP contribution in [0.1, 0.15) is 15.9 Å². The van der Waals surface area contributed by atoms with E-state index in [4.69, 9.17) is 9.47 Å². The molecule has 2 rings (SSSR count). The van der Waals surface area contributed by atoms with Gasteiger partial charge in [-0.25, -0.2) is 5.43 Å². The highest BCUT2D eigenvalue weighted by Gasteiger charge is 2.11. The van der Waals surface area contributed by atoms with Crippen molar-refractivity contribution >= 4 is 28.1 Å². The quantitative estimate of drug-likeness (QED) is 0.445. The fraction of sp³-hybridized carbons (Fsp3) is 0.111. The Kier molecular flexibility index (Phi) is 6.57. The Balaban J connectivity index is 2.05. The Morgan fingerprint density at radius 3 is 2.92 bits per heavy atom. The van der Waals surface area contributed by atoms with Crippen LogP contribution < -0.4 is 14.9 Å². The SMILES string of the molecule is C=CCOc1cccc(/C=N\NC(=O)c2cc(Br)ccc2OC)c1. The Labute approximate surface area is 149 Å². The molecule has 0 aliphatic rings. The van der Waals surface area contributed by atoms with Crippen molar-refractivity contribution in [3.05, 3.63) is 70.7 Å². The Bertz CT molecular complexity index is 760. The topological polar surface area (TPSA) is 59.9 Å². The Hall–Kier alpha value is -2.60. The molecule has 2 aromatic carbocycles. The van der Waals surface area contributed by atoms with Crippen LogP contribution in [0.2, 0.25) is 0 Å². The molecule has 0 radical (unpaired) electrons. The second-order valence-electron chi connectivity index (χ2n) is 4.72. The molecule has 0 heterocycles. The standard InChI is InChI=1S/C18H17BrN2O3/c1-3-9-24-15-6-4-5-13(10-15)12-20-21-18(22)16-11-14(19)7-8-17(16)23-2/h3-8,10-12H,1,9H2,2H3,(H,21,22)/b20-12-. The number of nitrogens with one attached hydrogen (secondary N) is 1. The average molecular weight is 389 g/mol. The smallest absolute Gasteiger partial charge is 0.275 e. The van der Waals surface area contributed by atoms with Gasteiger partial charge in [0.15, 0.2) is 0 Å². The third kappa shape index (κ3) is 4.96. The summed E-state index contributed by atoms with van der Waals surface area (Å²) in [4.78, 5) is 12.2. The van der Waals surface area contributed by atoms with Gasteiger partial charge in [-0.1, -0.05) is 40.7 Å². The van der Waals surface area contributed by atoms with Gasteiger partial charge in [-0.3, -0.25) is 4.79 Å². The van der Waals surface area contributed by atoms with Gasteiger partial charge >= 0.3 is 0 Å². The van der Waals surface area contributed by atoms with Crippen LogP contribution in [0.3, 0.4) is 0 Å². The van der Waals surface area contributed by atoms with Gasteiger partial charge in [0.25, 0.3) is 5.91 Å². The molecular weight excluding hydrogens is 372 g/mol. The molecule has 0 aliphatic heterocycles. The molecule has 0 aromatic heterocycles. The summed E-state index contributed by atoms with van der Waals surface area (Å²) in [6.07, 6.45) is 3.22. The molecule has 24 heavy (non-hydrogen) atoms. The predicted molar refractivity (Wildman–Crippen MR) is 97.9 cm³/mol. The number of hydrogen-bond donors (Lipinski definition) is 1. The zero-order valence-corrected chi connectivity index (χ0v) is 14.7. The Morgan fingerprint density at radius 1 is 1.33 bits per heavy atom. The third-order valence-corrected chi connectivity index (χ3v) is 3.51. The molecule has 0 saturated carbocycles. The maximum absolute atomic E-state index is 12.2. The highest BCUT2D eigenvalue weighted by Crippen LogP contribution is 2.22. The number of hydrogen-bond acceptors (Lipinski definition) is 4. The number of carbonyl (C=O) groups excluding carboxylic acids is 1. The molecular formula is C18H17BrN2O3. The van der Waals surface area contributed by atoms with E-state index in [0.29, 0.717) is 23.7 Å². The van der Waals surface area contributed by atoms with Crippen molar-refractivity contribution in [2.45, 2.75) is 0 Å². The monoisotopic (exact) mass is 388 g/mol. The van der Waals surface area contributed by atoms with Gasteiger partial charge in [0.2, 0.25) is 0 Å². The first-order valence-electron chi connectivity index (χ1n) is 7.14. The lowest BCUT2D eigenvalue weighted by atomic mass is 10.2. The summed E-state index contributed by atoms with van der Waals surface area (Å²) in [5.41, 5.74) is 3.68. The van der Waals surface area contributed by atoms with Crippen LogP contribution in [0.15, 0.2) is 64.7 Å². The number of hydrazone groups is 1. The van der Waals surface area contributed by atoms with Gasteiger partial charge in [-0.05, 0) is 35.9 Å². The van der Waals surface area contributed by atoms with Crippen LogP contribution in [0.25, 0.3) is 0 Å². The predicted octanol–water partition coefficient (Wildman–Crippen LogP) is 3.79. The molecule has 0 aliphatic carbocycles. The lowest BCUT2D eigenvalue weighted by Crippen LogP contribution is -2.18. The van der Waals surface area contributed by atoms with Gasteiger partial charge < -0.3 is 9.47 Å². The summed E-state index contributed by atoms with van der Waals surface area (Å²) in [6, 6.07) is 12.5. The summed E-state index contributed by atoms with van der Waals surface area (Å²) in [5, 5.41) is 3.97. The summed E-state index contributed by atoms with van der Waals surface area (Å²) in [6.45, 7) is 4.03. The second-order valence-corrected chi connectivity index (χ2v) is 5.63. The number of rotatable bonds is 7. The minimum absolute atomic E-state index is 0.358. The molecule has 0 fully saturated rings. The number of nitrogens with zero attached hydrogens (tertiary/aromatic N) is 1. The fourth-order valence-electron chi connectivity index (χ4n) is 1.92. The van der Waals surface area contributed by atoms with Gasteiger partial charge in [0.1, 0.15) is 18.1 Å². The number of benzene rings is 2. The van der Waals surface area contributed by atoms with Crippen LogP contribution in [0.5, 0.6) is 11.5 Å². The Morgan fingerprint density at radius 2 is 2.17 bits per heavy atom. The fourth-order valence-corrected chi connectivity index (χ4v) is 2.28. The normalized spacial score (nSPS) is 10.4. The first-order chi connectivity index (χ1) is 11.6. The number of ether oxygens (including phenoxy) is 2. The summed E-state index contributed by atoms with van der Waals surface area (Å²) in [7, 11) is 1.51. The highest BCUT2D eigenvalue weighted by atomic mass is 79.9. The molecule has 6 heteroatoms. The first kappa shape index (κ1) is 17.7. The average Bonchev–Trinajstić information content (AvgIpc) is 2.60.